The second-order valence-corrected chi connectivity index (χ2v) is 16.6. The molecule has 56 heavy (non-hydrogen) atoms. The number of fused-ring (bicyclic) bond motifs is 1. The molecule has 0 radical (unpaired) electrons. The molecule has 0 aliphatic rings. The molecular weight excluding hydrogens is 711 g/mol. The van der Waals surface area contributed by atoms with Gasteiger partial charge in [0.2, 0.25) is 0 Å². The fourth-order valence-corrected chi connectivity index (χ4v) is 6.09. The molecule has 0 unspecified atom stereocenters. The number of aryl methyl sites for hydroxylation is 1. The number of hydrogen-bond acceptors (Lipinski definition) is 8. The Bertz CT molecular complexity index is 2060. The summed E-state index contributed by atoms with van der Waals surface area (Å²) >= 11 is 0. The predicted octanol–water partition coefficient (Wildman–Crippen LogP) is 10.5. The van der Waals surface area contributed by atoms with Crippen molar-refractivity contribution in [1.82, 2.24) is 9.55 Å². The van der Waals surface area contributed by atoms with Crippen molar-refractivity contribution in [3.8, 4) is 16.9 Å². The lowest BCUT2D eigenvalue weighted by molar-refractivity contribution is -0.153. The summed E-state index contributed by atoms with van der Waals surface area (Å²) in [6.45, 7) is 21.9. The van der Waals surface area contributed by atoms with Gasteiger partial charge >= 0.3 is 18.1 Å². The first kappa shape index (κ1) is 43.3. The number of hydrogen-bond donors (Lipinski definition) is 3. The highest BCUT2D eigenvalue weighted by atomic mass is 16.6. The van der Waals surface area contributed by atoms with Crippen molar-refractivity contribution in [2.75, 3.05) is 29.2 Å². The molecule has 2 aromatic carbocycles. The summed E-state index contributed by atoms with van der Waals surface area (Å²) < 4.78 is 18.5. The van der Waals surface area contributed by atoms with Crippen molar-refractivity contribution in [3.63, 3.8) is 0 Å². The van der Waals surface area contributed by atoms with E-state index in [9.17, 15) is 19.2 Å². The smallest absolute Gasteiger partial charge is 0.412 e. The molecule has 4 rings (SSSR count). The number of unbranched alkanes of at least 4 members (excludes halogenated alkanes) is 1. The summed E-state index contributed by atoms with van der Waals surface area (Å²) in [5.74, 6) is 0.205. The third-order valence-corrected chi connectivity index (χ3v) is 8.85. The SMILES string of the molecule is CCCCn1c(=O)c(NC(=O)Nc2c(C(C)C)cc(NC(=O)OC(C)(C)C)cc2C(C)C)c(-c2cccc(OCCCOC(=O)C(C)(C)C)c2)c2cccnc21. The number of carbonyl (C=O) groups excluding carboxylic acids is 3. The predicted molar refractivity (Wildman–Crippen MR) is 224 cm³/mol. The average Bonchev–Trinajstić information content (AvgIpc) is 3.10. The molecule has 3 N–H and O–H groups in total. The third kappa shape index (κ3) is 11.3. The number of rotatable bonds is 14. The van der Waals surface area contributed by atoms with Crippen LogP contribution in [-0.2, 0) is 20.8 Å². The van der Waals surface area contributed by atoms with Gasteiger partial charge in [-0.25, -0.2) is 14.6 Å². The number of amides is 3. The maximum atomic E-state index is 14.5. The van der Waals surface area contributed by atoms with Crippen LogP contribution in [0, 0.1) is 5.41 Å². The number of ether oxygens (including phenoxy) is 3. The number of nitrogens with zero attached hydrogens (tertiary/aromatic N) is 2. The molecule has 4 aromatic rings. The van der Waals surface area contributed by atoms with E-state index >= 15 is 0 Å². The van der Waals surface area contributed by atoms with Crippen LogP contribution in [0.3, 0.4) is 0 Å². The first-order valence-corrected chi connectivity index (χ1v) is 19.5. The van der Waals surface area contributed by atoms with Crippen molar-refractivity contribution >= 4 is 46.2 Å². The molecule has 0 atom stereocenters. The van der Waals surface area contributed by atoms with E-state index < -0.39 is 23.1 Å². The number of nitrogens with one attached hydrogen (secondary N) is 3. The van der Waals surface area contributed by atoms with Gasteiger partial charge in [0.25, 0.3) is 5.56 Å². The topological polar surface area (TPSA) is 150 Å². The molecule has 0 aliphatic carbocycles. The van der Waals surface area contributed by atoms with E-state index in [0.29, 0.717) is 58.9 Å². The minimum atomic E-state index is -0.670. The maximum Gasteiger partial charge on any atom is 0.412 e. The summed E-state index contributed by atoms with van der Waals surface area (Å²) in [6, 6.07) is 14.1. The largest absolute Gasteiger partial charge is 0.493 e. The summed E-state index contributed by atoms with van der Waals surface area (Å²) in [5.41, 5.74) is 2.89. The quantitative estimate of drug-likeness (QED) is 0.0847. The van der Waals surface area contributed by atoms with Gasteiger partial charge in [-0.05, 0) is 113 Å². The summed E-state index contributed by atoms with van der Waals surface area (Å²) in [5, 5.41) is 9.56. The fraction of sp³-hybridized carbons (Fsp3) is 0.477. The molecule has 0 saturated carbocycles. The van der Waals surface area contributed by atoms with Gasteiger partial charge in [-0.15, -0.1) is 0 Å². The molecule has 3 amide bonds. The number of urea groups is 1. The van der Waals surface area contributed by atoms with Crippen LogP contribution in [0.25, 0.3) is 22.2 Å². The molecule has 12 heteroatoms. The fourth-order valence-electron chi connectivity index (χ4n) is 6.09. The van der Waals surface area contributed by atoms with E-state index in [-0.39, 0.29) is 35.7 Å². The van der Waals surface area contributed by atoms with E-state index in [1.165, 1.54) is 0 Å². The van der Waals surface area contributed by atoms with Gasteiger partial charge in [0.1, 0.15) is 22.7 Å². The second-order valence-electron chi connectivity index (χ2n) is 16.6. The van der Waals surface area contributed by atoms with Crippen LogP contribution in [0.2, 0.25) is 0 Å². The van der Waals surface area contributed by atoms with Crippen LogP contribution in [-0.4, -0.2) is 46.5 Å². The van der Waals surface area contributed by atoms with Crippen LogP contribution in [0.4, 0.5) is 26.7 Å². The zero-order chi connectivity index (χ0) is 41.4. The molecule has 0 aliphatic heterocycles. The molecule has 0 saturated heterocycles. The average molecular weight is 770 g/mol. The van der Waals surface area contributed by atoms with E-state index in [2.05, 4.69) is 27.9 Å². The standard InChI is InChI=1S/C44H59N5O7/c1-12-13-21-49-38-32(19-15-20-45-38)35(29-17-14-18-31(24-29)54-22-16-23-55-40(51)43(6,7)8)37(39(49)50)48-41(52)47-36-33(27(2)3)25-30(26-34(36)28(4)5)46-42(53)56-44(9,10)11/h14-15,17-20,24-28H,12-13,16,21-23H2,1-11H3,(H,46,53)(H2,47,48,52). The van der Waals surface area contributed by atoms with Crippen LogP contribution >= 0.6 is 0 Å². The highest BCUT2D eigenvalue weighted by Crippen LogP contribution is 2.38. The lowest BCUT2D eigenvalue weighted by atomic mass is 9.91. The molecule has 0 fully saturated rings. The van der Waals surface area contributed by atoms with Gasteiger partial charge in [0, 0.05) is 41.5 Å². The van der Waals surface area contributed by atoms with E-state index in [0.717, 1.165) is 24.0 Å². The molecule has 302 valence electrons. The first-order chi connectivity index (χ1) is 26.3. The van der Waals surface area contributed by atoms with Crippen molar-refractivity contribution in [2.45, 2.75) is 119 Å². The highest BCUT2D eigenvalue weighted by Gasteiger charge is 2.25. The Morgan fingerprint density at radius 2 is 1.48 bits per heavy atom. The first-order valence-electron chi connectivity index (χ1n) is 19.5. The Kier molecular flexibility index (Phi) is 14.3. The van der Waals surface area contributed by atoms with Crippen molar-refractivity contribution in [2.24, 2.45) is 5.41 Å². The molecule has 2 heterocycles. The molecule has 0 bridgehead atoms. The Labute approximate surface area is 330 Å². The van der Waals surface area contributed by atoms with E-state index in [4.69, 9.17) is 14.2 Å². The Morgan fingerprint density at radius 3 is 2.09 bits per heavy atom. The van der Waals surface area contributed by atoms with Gasteiger partial charge in [-0.1, -0.05) is 53.2 Å². The second kappa shape index (κ2) is 18.5. The van der Waals surface area contributed by atoms with Crippen LogP contribution < -0.4 is 26.2 Å². The van der Waals surface area contributed by atoms with E-state index in [1.807, 2.05) is 90.9 Å². The lowest BCUT2D eigenvalue weighted by Gasteiger charge is -2.24. The third-order valence-electron chi connectivity index (χ3n) is 8.85. The van der Waals surface area contributed by atoms with E-state index in [1.54, 1.807) is 37.6 Å². The lowest BCUT2D eigenvalue weighted by Crippen LogP contribution is -2.30. The van der Waals surface area contributed by atoms with Gasteiger partial charge in [-0.2, -0.15) is 0 Å². The minimum absolute atomic E-state index is 0.0370. The van der Waals surface area contributed by atoms with Crippen molar-refractivity contribution in [1.29, 1.82) is 0 Å². The molecular formula is C44H59N5O7. The van der Waals surface area contributed by atoms with Gasteiger partial charge < -0.3 is 24.8 Å². The number of aromatic nitrogens is 2. The number of pyridine rings is 2. The van der Waals surface area contributed by atoms with Crippen LogP contribution in [0.1, 0.15) is 118 Å². The number of esters is 1. The highest BCUT2D eigenvalue weighted by molar-refractivity contribution is 6.08. The number of anilines is 3. The summed E-state index contributed by atoms with van der Waals surface area (Å²) in [7, 11) is 0. The Morgan fingerprint density at radius 1 is 0.821 bits per heavy atom. The van der Waals surface area contributed by atoms with Gasteiger partial charge in [0.15, 0.2) is 0 Å². The Hall–Kier alpha value is -5.39. The molecule has 12 nitrogen and oxygen atoms in total. The maximum absolute atomic E-state index is 14.5. The van der Waals surface area contributed by atoms with Gasteiger partial charge in [0.05, 0.1) is 18.6 Å². The zero-order valence-electron chi connectivity index (χ0n) is 34.8. The monoisotopic (exact) mass is 769 g/mol. The van der Waals surface area contributed by atoms with Crippen LogP contribution in [0.5, 0.6) is 5.75 Å². The zero-order valence-corrected chi connectivity index (χ0v) is 34.8. The Balaban J connectivity index is 1.74. The summed E-state index contributed by atoms with van der Waals surface area (Å²) in [4.78, 5) is 58.2. The molecule has 2 aromatic heterocycles. The minimum Gasteiger partial charge on any atom is -0.493 e. The van der Waals surface area contributed by atoms with Gasteiger partial charge in [-0.3, -0.25) is 19.5 Å². The summed E-state index contributed by atoms with van der Waals surface area (Å²) in [6.07, 6.45) is 3.17. The molecule has 0 spiro atoms. The van der Waals surface area contributed by atoms with Crippen LogP contribution in [0.15, 0.2) is 59.5 Å². The normalized spacial score (nSPS) is 11.8. The number of carbonyl (C=O) groups is 3. The van der Waals surface area contributed by atoms with Crippen molar-refractivity contribution in [3.05, 3.63) is 76.2 Å². The van der Waals surface area contributed by atoms with Crippen molar-refractivity contribution < 1.29 is 28.6 Å². The number of benzene rings is 2.